The number of pyridine rings is 1. The first-order chi connectivity index (χ1) is 10.1. The van der Waals surface area contributed by atoms with Gasteiger partial charge in [-0.1, -0.05) is 12.8 Å². The van der Waals surface area contributed by atoms with E-state index in [1.54, 1.807) is 0 Å². The second kappa shape index (κ2) is 7.69. The summed E-state index contributed by atoms with van der Waals surface area (Å²) >= 11 is 1.87. The van der Waals surface area contributed by atoms with Crippen LogP contribution < -0.4 is 10.6 Å². The Morgan fingerprint density at radius 3 is 2.86 bits per heavy atom. The average Bonchev–Trinajstić information content (AvgIpc) is 2.47. The SMILES string of the molecule is CCNc1cc(C(=O)NC2CCCCC2SC)cc(C)n1. The van der Waals surface area contributed by atoms with E-state index in [1.807, 2.05) is 37.7 Å². The van der Waals surface area contributed by atoms with Crippen LogP contribution in [0, 0.1) is 6.92 Å². The van der Waals surface area contributed by atoms with Gasteiger partial charge in [0, 0.05) is 29.1 Å². The van der Waals surface area contributed by atoms with Gasteiger partial charge in [-0.3, -0.25) is 4.79 Å². The zero-order chi connectivity index (χ0) is 15.2. The Kier molecular flexibility index (Phi) is 5.91. The van der Waals surface area contributed by atoms with Gasteiger partial charge in [0.25, 0.3) is 5.91 Å². The molecule has 1 aromatic heterocycles. The predicted molar refractivity (Wildman–Crippen MR) is 90.2 cm³/mol. The van der Waals surface area contributed by atoms with Gasteiger partial charge in [0.05, 0.1) is 0 Å². The minimum atomic E-state index is 0.0191. The fourth-order valence-electron chi connectivity index (χ4n) is 2.87. The van der Waals surface area contributed by atoms with Crippen LogP contribution in [0.3, 0.4) is 0 Å². The molecule has 0 aromatic carbocycles. The molecular weight excluding hydrogens is 282 g/mol. The molecule has 1 fully saturated rings. The summed E-state index contributed by atoms with van der Waals surface area (Å²) in [5.74, 6) is 0.790. The minimum absolute atomic E-state index is 0.0191. The van der Waals surface area contributed by atoms with Gasteiger partial charge < -0.3 is 10.6 Å². The summed E-state index contributed by atoms with van der Waals surface area (Å²) in [4.78, 5) is 16.9. The summed E-state index contributed by atoms with van der Waals surface area (Å²) in [6.07, 6.45) is 6.90. The topological polar surface area (TPSA) is 54.0 Å². The molecule has 0 aliphatic heterocycles. The van der Waals surface area contributed by atoms with Gasteiger partial charge in [0.2, 0.25) is 0 Å². The third kappa shape index (κ3) is 4.37. The maximum atomic E-state index is 12.5. The molecule has 4 nitrogen and oxygen atoms in total. The lowest BCUT2D eigenvalue weighted by Crippen LogP contribution is -2.43. The molecule has 0 spiro atoms. The highest BCUT2D eigenvalue weighted by atomic mass is 32.2. The summed E-state index contributed by atoms with van der Waals surface area (Å²) in [6, 6.07) is 3.98. The van der Waals surface area contributed by atoms with E-state index in [0.29, 0.717) is 10.8 Å². The van der Waals surface area contributed by atoms with E-state index in [1.165, 1.54) is 19.3 Å². The number of aryl methyl sites for hydroxylation is 1. The van der Waals surface area contributed by atoms with Crippen molar-refractivity contribution >= 4 is 23.5 Å². The number of carbonyl (C=O) groups excluding carboxylic acids is 1. The van der Waals surface area contributed by atoms with Gasteiger partial charge >= 0.3 is 0 Å². The van der Waals surface area contributed by atoms with Crippen LogP contribution in [0.2, 0.25) is 0 Å². The molecule has 116 valence electrons. The molecule has 1 saturated carbocycles. The Labute approximate surface area is 131 Å². The van der Waals surface area contributed by atoms with Gasteiger partial charge in [-0.15, -0.1) is 0 Å². The minimum Gasteiger partial charge on any atom is -0.370 e. The summed E-state index contributed by atoms with van der Waals surface area (Å²) < 4.78 is 0. The average molecular weight is 307 g/mol. The number of hydrogen-bond acceptors (Lipinski definition) is 4. The van der Waals surface area contributed by atoms with Crippen molar-refractivity contribution in [1.82, 2.24) is 10.3 Å². The third-order valence-corrected chi connectivity index (χ3v) is 5.07. The highest BCUT2D eigenvalue weighted by Crippen LogP contribution is 2.27. The van der Waals surface area contributed by atoms with E-state index in [-0.39, 0.29) is 11.9 Å². The van der Waals surface area contributed by atoms with Gasteiger partial charge in [0.15, 0.2) is 0 Å². The molecule has 0 saturated heterocycles. The van der Waals surface area contributed by atoms with E-state index in [4.69, 9.17) is 0 Å². The Bertz CT molecular complexity index is 492. The van der Waals surface area contributed by atoms with E-state index < -0.39 is 0 Å². The van der Waals surface area contributed by atoms with Crippen LogP contribution in [0.15, 0.2) is 12.1 Å². The zero-order valence-electron chi connectivity index (χ0n) is 13.1. The standard InChI is InChI=1S/C16H25N3OS/c1-4-17-15-10-12(9-11(2)18-15)16(20)19-13-7-5-6-8-14(13)21-3/h9-10,13-14H,4-8H2,1-3H3,(H,17,18)(H,19,20). The van der Waals surface area contributed by atoms with E-state index in [9.17, 15) is 4.79 Å². The van der Waals surface area contributed by atoms with E-state index in [2.05, 4.69) is 21.9 Å². The number of amides is 1. The highest BCUT2D eigenvalue weighted by molar-refractivity contribution is 7.99. The molecule has 2 atom stereocenters. The molecule has 2 rings (SSSR count). The van der Waals surface area contributed by atoms with Crippen LogP contribution in [0.4, 0.5) is 5.82 Å². The fourth-order valence-corrected chi connectivity index (χ4v) is 3.80. The largest absolute Gasteiger partial charge is 0.370 e. The van der Waals surface area contributed by atoms with Gasteiger partial charge in [-0.05, 0) is 45.1 Å². The van der Waals surface area contributed by atoms with E-state index >= 15 is 0 Å². The number of aromatic nitrogens is 1. The van der Waals surface area contributed by atoms with Crippen LogP contribution in [0.25, 0.3) is 0 Å². The quantitative estimate of drug-likeness (QED) is 0.877. The molecule has 1 aliphatic carbocycles. The third-order valence-electron chi connectivity index (χ3n) is 3.90. The maximum absolute atomic E-state index is 12.5. The highest BCUT2D eigenvalue weighted by Gasteiger charge is 2.26. The van der Waals surface area contributed by atoms with Crippen LogP contribution in [0.5, 0.6) is 0 Å². The molecule has 1 heterocycles. The fraction of sp³-hybridized carbons (Fsp3) is 0.625. The van der Waals surface area contributed by atoms with Gasteiger partial charge in [0.1, 0.15) is 5.82 Å². The lowest BCUT2D eigenvalue weighted by molar-refractivity contribution is 0.0929. The first-order valence-corrected chi connectivity index (χ1v) is 8.99. The number of thioether (sulfide) groups is 1. The second-order valence-corrected chi connectivity index (χ2v) is 6.63. The molecule has 0 bridgehead atoms. The maximum Gasteiger partial charge on any atom is 0.251 e. The number of nitrogens with one attached hydrogen (secondary N) is 2. The molecule has 1 amide bonds. The van der Waals surface area contributed by atoms with Crippen LogP contribution in [-0.4, -0.2) is 35.0 Å². The lowest BCUT2D eigenvalue weighted by Gasteiger charge is -2.31. The number of anilines is 1. The van der Waals surface area contributed by atoms with Crippen molar-refractivity contribution in [2.45, 2.75) is 50.8 Å². The van der Waals surface area contributed by atoms with Crippen molar-refractivity contribution in [3.8, 4) is 0 Å². The van der Waals surface area contributed by atoms with Crippen LogP contribution in [0.1, 0.15) is 48.7 Å². The van der Waals surface area contributed by atoms with Crippen molar-refractivity contribution in [2.75, 3.05) is 18.1 Å². The summed E-state index contributed by atoms with van der Waals surface area (Å²) in [5, 5.41) is 6.93. The summed E-state index contributed by atoms with van der Waals surface area (Å²) in [5.41, 5.74) is 1.56. The van der Waals surface area contributed by atoms with Gasteiger partial charge in [-0.25, -0.2) is 4.98 Å². The molecule has 0 radical (unpaired) electrons. The number of hydrogen-bond donors (Lipinski definition) is 2. The molecule has 1 aliphatic rings. The Hall–Kier alpha value is -1.23. The molecule has 2 N–H and O–H groups in total. The second-order valence-electron chi connectivity index (χ2n) is 5.55. The smallest absolute Gasteiger partial charge is 0.251 e. The van der Waals surface area contributed by atoms with Crippen molar-refractivity contribution in [3.05, 3.63) is 23.4 Å². The Morgan fingerprint density at radius 1 is 1.38 bits per heavy atom. The first kappa shape index (κ1) is 16.1. The Balaban J connectivity index is 2.08. The molecule has 5 heteroatoms. The van der Waals surface area contributed by atoms with Gasteiger partial charge in [-0.2, -0.15) is 11.8 Å². The molecule has 21 heavy (non-hydrogen) atoms. The van der Waals surface area contributed by atoms with Crippen molar-refractivity contribution in [1.29, 1.82) is 0 Å². The zero-order valence-corrected chi connectivity index (χ0v) is 13.9. The Morgan fingerprint density at radius 2 is 2.14 bits per heavy atom. The number of rotatable bonds is 5. The van der Waals surface area contributed by atoms with Crippen molar-refractivity contribution < 1.29 is 4.79 Å². The van der Waals surface area contributed by atoms with Crippen LogP contribution >= 0.6 is 11.8 Å². The van der Waals surface area contributed by atoms with E-state index in [0.717, 1.165) is 24.5 Å². The summed E-state index contributed by atoms with van der Waals surface area (Å²) in [6.45, 7) is 4.74. The molecule has 2 unspecified atom stereocenters. The molecule has 1 aromatic rings. The number of nitrogens with zero attached hydrogens (tertiary/aromatic N) is 1. The lowest BCUT2D eigenvalue weighted by atomic mass is 9.94. The summed E-state index contributed by atoms with van der Waals surface area (Å²) in [7, 11) is 0. The van der Waals surface area contributed by atoms with Crippen LogP contribution in [-0.2, 0) is 0 Å². The normalized spacial score (nSPS) is 21.9. The molecular formula is C16H25N3OS. The first-order valence-electron chi connectivity index (χ1n) is 7.70. The monoisotopic (exact) mass is 307 g/mol. The van der Waals surface area contributed by atoms with Crippen molar-refractivity contribution in [2.24, 2.45) is 0 Å². The number of carbonyl (C=O) groups is 1. The predicted octanol–water partition coefficient (Wildman–Crippen LogP) is 3.23. The van der Waals surface area contributed by atoms with Crippen molar-refractivity contribution in [3.63, 3.8) is 0 Å².